The SMILES string of the molecule is CCC(C)(C(=O)N(CCOC)C(C)C1CC1)C(N)=NO. The van der Waals surface area contributed by atoms with E-state index in [1.54, 1.807) is 14.0 Å². The Morgan fingerprint density at radius 3 is 2.60 bits per heavy atom. The van der Waals surface area contributed by atoms with Gasteiger partial charge in [0.15, 0.2) is 5.84 Å². The quantitative estimate of drug-likeness (QED) is 0.305. The standard InChI is InChI=1S/C14H27N3O3/c1-5-14(3,12(15)16-19)13(18)17(8-9-20-4)10(2)11-6-7-11/h10-11,19H,5-9H2,1-4H3,(H2,15,16). The van der Waals surface area contributed by atoms with Crippen molar-refractivity contribution in [1.29, 1.82) is 0 Å². The second-order valence-electron chi connectivity index (χ2n) is 5.74. The third-order valence-corrected chi connectivity index (χ3v) is 4.45. The van der Waals surface area contributed by atoms with E-state index in [9.17, 15) is 4.79 Å². The monoisotopic (exact) mass is 285 g/mol. The minimum Gasteiger partial charge on any atom is -0.409 e. The van der Waals surface area contributed by atoms with Gasteiger partial charge in [0.1, 0.15) is 5.41 Å². The zero-order chi connectivity index (χ0) is 15.3. The molecule has 1 rings (SSSR count). The third-order valence-electron chi connectivity index (χ3n) is 4.45. The van der Waals surface area contributed by atoms with Crippen molar-refractivity contribution < 1.29 is 14.7 Å². The summed E-state index contributed by atoms with van der Waals surface area (Å²) in [5, 5.41) is 12.0. The number of amidine groups is 1. The van der Waals surface area contributed by atoms with Crippen molar-refractivity contribution >= 4 is 11.7 Å². The minimum absolute atomic E-state index is 0.0320. The summed E-state index contributed by atoms with van der Waals surface area (Å²) >= 11 is 0. The van der Waals surface area contributed by atoms with Crippen molar-refractivity contribution in [2.45, 2.75) is 46.1 Å². The topological polar surface area (TPSA) is 88.2 Å². The van der Waals surface area contributed by atoms with E-state index in [0.717, 1.165) is 12.8 Å². The molecule has 0 radical (unpaired) electrons. The number of ether oxygens (including phenoxy) is 1. The first-order valence-corrected chi connectivity index (χ1v) is 7.20. The van der Waals surface area contributed by atoms with E-state index in [1.807, 2.05) is 11.8 Å². The lowest BCUT2D eigenvalue weighted by atomic mass is 9.84. The Morgan fingerprint density at radius 1 is 1.60 bits per heavy atom. The Morgan fingerprint density at radius 2 is 2.20 bits per heavy atom. The molecule has 0 saturated heterocycles. The number of methoxy groups -OCH3 is 1. The zero-order valence-corrected chi connectivity index (χ0v) is 12.9. The summed E-state index contributed by atoms with van der Waals surface area (Å²) in [6.07, 6.45) is 2.80. The van der Waals surface area contributed by atoms with Crippen LogP contribution in [-0.2, 0) is 9.53 Å². The van der Waals surface area contributed by atoms with Gasteiger partial charge in [0.05, 0.1) is 6.61 Å². The fourth-order valence-corrected chi connectivity index (χ4v) is 2.38. The third kappa shape index (κ3) is 3.42. The van der Waals surface area contributed by atoms with Crippen LogP contribution < -0.4 is 5.73 Å². The van der Waals surface area contributed by atoms with Gasteiger partial charge in [-0.3, -0.25) is 4.79 Å². The maximum Gasteiger partial charge on any atom is 0.236 e. The Kier molecular flexibility index (Phi) is 5.80. The predicted molar refractivity (Wildman–Crippen MR) is 77.6 cm³/mol. The van der Waals surface area contributed by atoms with Gasteiger partial charge in [0.25, 0.3) is 0 Å². The molecule has 20 heavy (non-hydrogen) atoms. The van der Waals surface area contributed by atoms with Gasteiger partial charge in [-0.2, -0.15) is 0 Å². The molecular weight excluding hydrogens is 258 g/mol. The molecule has 2 atom stereocenters. The molecule has 1 saturated carbocycles. The van der Waals surface area contributed by atoms with E-state index >= 15 is 0 Å². The highest BCUT2D eigenvalue weighted by atomic mass is 16.5. The fraction of sp³-hybridized carbons (Fsp3) is 0.857. The number of nitrogens with zero attached hydrogens (tertiary/aromatic N) is 2. The van der Waals surface area contributed by atoms with Crippen molar-refractivity contribution in [3.05, 3.63) is 0 Å². The van der Waals surface area contributed by atoms with Crippen LogP contribution in [-0.4, -0.2) is 48.2 Å². The summed E-state index contributed by atoms with van der Waals surface area (Å²) in [4.78, 5) is 14.7. The summed E-state index contributed by atoms with van der Waals surface area (Å²) in [5.74, 6) is 0.436. The molecule has 1 amide bonds. The Balaban J connectivity index is 2.95. The second kappa shape index (κ2) is 6.92. The number of rotatable bonds is 8. The molecular formula is C14H27N3O3. The molecule has 0 heterocycles. The molecule has 6 heteroatoms. The number of amides is 1. The van der Waals surface area contributed by atoms with E-state index in [2.05, 4.69) is 12.1 Å². The van der Waals surface area contributed by atoms with Crippen molar-refractivity contribution in [2.75, 3.05) is 20.3 Å². The minimum atomic E-state index is -0.967. The molecule has 1 fully saturated rings. The molecule has 6 nitrogen and oxygen atoms in total. The number of carbonyl (C=O) groups is 1. The molecule has 0 spiro atoms. The summed E-state index contributed by atoms with van der Waals surface area (Å²) in [6, 6.07) is 0.162. The number of hydrogen-bond donors (Lipinski definition) is 2. The molecule has 0 aliphatic heterocycles. The highest BCUT2D eigenvalue weighted by molar-refractivity contribution is 6.06. The van der Waals surface area contributed by atoms with E-state index in [1.165, 1.54) is 0 Å². The maximum atomic E-state index is 12.9. The highest BCUT2D eigenvalue weighted by Crippen LogP contribution is 2.37. The van der Waals surface area contributed by atoms with Crippen LogP contribution in [0, 0.1) is 11.3 Å². The normalized spacial score (nSPS) is 20.3. The Bertz CT molecular complexity index is 369. The molecule has 2 unspecified atom stereocenters. The van der Waals surface area contributed by atoms with E-state index in [-0.39, 0.29) is 17.8 Å². The molecule has 0 aromatic rings. The molecule has 3 N–H and O–H groups in total. The van der Waals surface area contributed by atoms with Gasteiger partial charge in [-0.05, 0) is 39.0 Å². The molecule has 1 aliphatic carbocycles. The molecule has 0 aromatic heterocycles. The van der Waals surface area contributed by atoms with E-state index in [0.29, 0.717) is 25.5 Å². The number of nitrogens with two attached hydrogens (primary N) is 1. The molecule has 116 valence electrons. The van der Waals surface area contributed by atoms with Gasteiger partial charge >= 0.3 is 0 Å². The van der Waals surface area contributed by atoms with Gasteiger partial charge in [-0.15, -0.1) is 0 Å². The van der Waals surface area contributed by atoms with Crippen LogP contribution in [0.1, 0.15) is 40.0 Å². The molecule has 1 aliphatic rings. The first-order chi connectivity index (χ1) is 9.42. The first kappa shape index (κ1) is 16.8. The van der Waals surface area contributed by atoms with Crippen LogP contribution in [0.25, 0.3) is 0 Å². The van der Waals surface area contributed by atoms with Crippen LogP contribution in [0.3, 0.4) is 0 Å². The second-order valence-corrected chi connectivity index (χ2v) is 5.74. The van der Waals surface area contributed by atoms with Crippen LogP contribution in [0.15, 0.2) is 5.16 Å². The average Bonchev–Trinajstić information content (AvgIpc) is 3.29. The molecule has 0 bridgehead atoms. The average molecular weight is 285 g/mol. The largest absolute Gasteiger partial charge is 0.409 e. The van der Waals surface area contributed by atoms with Crippen LogP contribution >= 0.6 is 0 Å². The van der Waals surface area contributed by atoms with E-state index < -0.39 is 5.41 Å². The van der Waals surface area contributed by atoms with Gasteiger partial charge in [0, 0.05) is 19.7 Å². The lowest BCUT2D eigenvalue weighted by molar-refractivity contribution is -0.141. The van der Waals surface area contributed by atoms with Crippen LogP contribution in [0.2, 0.25) is 0 Å². The summed E-state index contributed by atoms with van der Waals surface area (Å²) in [7, 11) is 1.62. The van der Waals surface area contributed by atoms with E-state index in [4.69, 9.17) is 15.7 Å². The van der Waals surface area contributed by atoms with Crippen molar-refractivity contribution in [2.24, 2.45) is 22.2 Å². The first-order valence-electron chi connectivity index (χ1n) is 7.20. The van der Waals surface area contributed by atoms with Crippen molar-refractivity contribution in [3.8, 4) is 0 Å². The molecule has 0 aromatic carbocycles. The fourth-order valence-electron chi connectivity index (χ4n) is 2.38. The zero-order valence-electron chi connectivity index (χ0n) is 12.9. The number of carbonyl (C=O) groups excluding carboxylic acids is 1. The van der Waals surface area contributed by atoms with Gasteiger partial charge < -0.3 is 20.6 Å². The van der Waals surface area contributed by atoms with Crippen molar-refractivity contribution in [1.82, 2.24) is 4.90 Å². The highest BCUT2D eigenvalue weighted by Gasteiger charge is 2.43. The van der Waals surface area contributed by atoms with Crippen LogP contribution in [0.4, 0.5) is 0 Å². The van der Waals surface area contributed by atoms with Gasteiger partial charge in [-0.25, -0.2) is 0 Å². The number of oxime groups is 1. The lowest BCUT2D eigenvalue weighted by Crippen LogP contribution is -2.53. The Labute approximate surface area is 120 Å². The maximum absolute atomic E-state index is 12.9. The summed E-state index contributed by atoms with van der Waals surface area (Å²) < 4.78 is 5.10. The lowest BCUT2D eigenvalue weighted by Gasteiger charge is -2.36. The van der Waals surface area contributed by atoms with Gasteiger partial charge in [-0.1, -0.05) is 12.1 Å². The van der Waals surface area contributed by atoms with Crippen molar-refractivity contribution in [3.63, 3.8) is 0 Å². The smallest absolute Gasteiger partial charge is 0.236 e. The summed E-state index contributed by atoms with van der Waals surface area (Å²) in [6.45, 7) is 6.67. The predicted octanol–water partition coefficient (Wildman–Crippen LogP) is 1.42. The number of hydrogen-bond acceptors (Lipinski definition) is 4. The van der Waals surface area contributed by atoms with Crippen LogP contribution in [0.5, 0.6) is 0 Å². The van der Waals surface area contributed by atoms with Gasteiger partial charge in [0.2, 0.25) is 5.91 Å². The summed E-state index contributed by atoms with van der Waals surface area (Å²) in [5.41, 5.74) is 4.78. The Hall–Kier alpha value is -1.30.